The highest BCUT2D eigenvalue weighted by Crippen LogP contribution is 2.17. The van der Waals surface area contributed by atoms with Crippen LogP contribution in [0.2, 0.25) is 5.02 Å². The third-order valence-electron chi connectivity index (χ3n) is 2.17. The van der Waals surface area contributed by atoms with Crippen molar-refractivity contribution in [2.75, 3.05) is 5.32 Å². The van der Waals surface area contributed by atoms with Crippen LogP contribution in [0.1, 0.15) is 20.3 Å². The van der Waals surface area contributed by atoms with Gasteiger partial charge in [0.2, 0.25) is 0 Å². The number of rotatable bonds is 5. The molecule has 0 radical (unpaired) electrons. The minimum absolute atomic E-state index is 0.327. The van der Waals surface area contributed by atoms with Crippen molar-refractivity contribution in [2.45, 2.75) is 26.3 Å². The highest BCUT2D eigenvalue weighted by atomic mass is 35.5. The second-order valence-corrected chi connectivity index (χ2v) is 4.61. The fraction of sp³-hybridized carbons (Fsp3) is 0.417. The average Bonchev–Trinajstić information content (AvgIpc) is 2.15. The van der Waals surface area contributed by atoms with Crippen LogP contribution in [0.3, 0.4) is 0 Å². The number of hydrogen-bond acceptors (Lipinski definition) is 2. The van der Waals surface area contributed by atoms with Crippen LogP contribution in [0.15, 0.2) is 24.3 Å². The molecule has 0 saturated carbocycles. The molecule has 1 unspecified atom stereocenters. The van der Waals surface area contributed by atoms with E-state index in [1.807, 2.05) is 19.9 Å². The third kappa shape index (κ3) is 4.11. The van der Waals surface area contributed by atoms with Crippen molar-refractivity contribution in [1.82, 2.24) is 0 Å². The molecule has 16 heavy (non-hydrogen) atoms. The molecule has 0 heterocycles. The average molecular weight is 242 g/mol. The van der Waals surface area contributed by atoms with Gasteiger partial charge in [0, 0.05) is 10.7 Å². The lowest BCUT2D eigenvalue weighted by Gasteiger charge is -2.17. The maximum Gasteiger partial charge on any atom is 0.326 e. The summed E-state index contributed by atoms with van der Waals surface area (Å²) in [5.41, 5.74) is 0.737. The van der Waals surface area contributed by atoms with Crippen molar-refractivity contribution in [3.05, 3.63) is 29.3 Å². The summed E-state index contributed by atoms with van der Waals surface area (Å²) in [4.78, 5) is 11.0. The standard InChI is InChI=1S/C12H16ClNO2/c1-8(2)6-11(12(15)16)14-10-5-3-4-9(13)7-10/h3-5,7-8,11,14H,6H2,1-2H3,(H,15,16). The molecule has 0 spiro atoms. The summed E-state index contributed by atoms with van der Waals surface area (Å²) in [5, 5.41) is 12.6. The SMILES string of the molecule is CC(C)CC(Nc1cccc(Cl)c1)C(=O)O. The van der Waals surface area contributed by atoms with Crippen molar-refractivity contribution in [3.8, 4) is 0 Å². The number of hydrogen-bond donors (Lipinski definition) is 2. The first-order chi connectivity index (χ1) is 7.49. The van der Waals surface area contributed by atoms with Gasteiger partial charge in [0.05, 0.1) is 0 Å². The minimum Gasteiger partial charge on any atom is -0.480 e. The van der Waals surface area contributed by atoms with E-state index in [1.54, 1.807) is 18.2 Å². The first kappa shape index (κ1) is 12.8. The van der Waals surface area contributed by atoms with Crippen molar-refractivity contribution >= 4 is 23.3 Å². The van der Waals surface area contributed by atoms with Crippen molar-refractivity contribution in [1.29, 1.82) is 0 Å². The fourth-order valence-corrected chi connectivity index (χ4v) is 1.66. The number of benzene rings is 1. The highest BCUT2D eigenvalue weighted by Gasteiger charge is 2.18. The summed E-state index contributed by atoms with van der Waals surface area (Å²) in [6, 6.07) is 6.50. The largest absolute Gasteiger partial charge is 0.480 e. The van der Waals surface area contributed by atoms with Crippen molar-refractivity contribution in [2.24, 2.45) is 5.92 Å². The minimum atomic E-state index is -0.839. The molecular formula is C12H16ClNO2. The molecule has 4 heteroatoms. The summed E-state index contributed by atoms with van der Waals surface area (Å²) in [5.74, 6) is -0.513. The second kappa shape index (κ2) is 5.75. The number of halogens is 1. The zero-order valence-corrected chi connectivity index (χ0v) is 10.2. The Labute approximate surface area is 100 Å². The van der Waals surface area contributed by atoms with Gasteiger partial charge in [0.15, 0.2) is 0 Å². The monoisotopic (exact) mass is 241 g/mol. The smallest absolute Gasteiger partial charge is 0.326 e. The van der Waals surface area contributed by atoms with Gasteiger partial charge in [-0.05, 0) is 30.5 Å². The van der Waals surface area contributed by atoms with E-state index in [2.05, 4.69) is 5.32 Å². The molecular weight excluding hydrogens is 226 g/mol. The first-order valence-electron chi connectivity index (χ1n) is 5.24. The zero-order chi connectivity index (χ0) is 12.1. The predicted molar refractivity (Wildman–Crippen MR) is 66.0 cm³/mol. The highest BCUT2D eigenvalue weighted by molar-refractivity contribution is 6.30. The van der Waals surface area contributed by atoms with E-state index in [-0.39, 0.29) is 0 Å². The quantitative estimate of drug-likeness (QED) is 0.832. The number of carboxylic acid groups (broad SMARTS) is 1. The van der Waals surface area contributed by atoms with Crippen LogP contribution in [0.25, 0.3) is 0 Å². The third-order valence-corrected chi connectivity index (χ3v) is 2.41. The summed E-state index contributed by atoms with van der Waals surface area (Å²) < 4.78 is 0. The molecule has 0 fully saturated rings. The maximum absolute atomic E-state index is 11.0. The topological polar surface area (TPSA) is 49.3 Å². The van der Waals surface area contributed by atoms with E-state index in [9.17, 15) is 4.79 Å². The summed E-state index contributed by atoms with van der Waals surface area (Å²) in [6.45, 7) is 3.99. The van der Waals surface area contributed by atoms with Crippen LogP contribution in [-0.4, -0.2) is 17.1 Å². The van der Waals surface area contributed by atoms with Gasteiger partial charge >= 0.3 is 5.97 Å². The molecule has 0 amide bonds. The fourth-order valence-electron chi connectivity index (χ4n) is 1.47. The molecule has 0 aromatic heterocycles. The van der Waals surface area contributed by atoms with Crippen LogP contribution >= 0.6 is 11.6 Å². The van der Waals surface area contributed by atoms with Gasteiger partial charge in [-0.2, -0.15) is 0 Å². The Balaban J connectivity index is 2.71. The Hall–Kier alpha value is -1.22. The molecule has 88 valence electrons. The van der Waals surface area contributed by atoms with Crippen LogP contribution < -0.4 is 5.32 Å². The van der Waals surface area contributed by atoms with Crippen LogP contribution in [0, 0.1) is 5.92 Å². The number of carbonyl (C=O) groups is 1. The molecule has 1 aromatic carbocycles. The second-order valence-electron chi connectivity index (χ2n) is 4.18. The Morgan fingerprint density at radius 2 is 2.19 bits per heavy atom. The Morgan fingerprint density at radius 3 is 2.69 bits per heavy atom. The number of nitrogens with one attached hydrogen (secondary N) is 1. The van der Waals surface area contributed by atoms with Gasteiger partial charge in [-0.3, -0.25) is 0 Å². The van der Waals surface area contributed by atoms with Gasteiger partial charge in [0.1, 0.15) is 6.04 Å². The molecule has 1 atom stereocenters. The number of anilines is 1. The number of aliphatic carboxylic acids is 1. The van der Waals surface area contributed by atoms with Crippen molar-refractivity contribution < 1.29 is 9.90 Å². The lowest BCUT2D eigenvalue weighted by Crippen LogP contribution is -2.30. The van der Waals surface area contributed by atoms with E-state index in [0.717, 1.165) is 5.69 Å². The lowest BCUT2D eigenvalue weighted by molar-refractivity contribution is -0.138. The van der Waals surface area contributed by atoms with E-state index in [4.69, 9.17) is 16.7 Å². The predicted octanol–water partition coefficient (Wildman–Crippen LogP) is 3.25. The molecule has 1 aromatic rings. The zero-order valence-electron chi connectivity index (χ0n) is 9.40. The lowest BCUT2D eigenvalue weighted by atomic mass is 10.0. The van der Waals surface area contributed by atoms with Crippen LogP contribution in [0.5, 0.6) is 0 Å². The molecule has 2 N–H and O–H groups in total. The van der Waals surface area contributed by atoms with Gasteiger partial charge in [-0.1, -0.05) is 31.5 Å². The summed E-state index contributed by atoms with van der Waals surface area (Å²) in [7, 11) is 0. The maximum atomic E-state index is 11.0. The Bertz CT molecular complexity index is 366. The Morgan fingerprint density at radius 1 is 1.50 bits per heavy atom. The van der Waals surface area contributed by atoms with E-state index in [0.29, 0.717) is 17.4 Å². The van der Waals surface area contributed by atoms with E-state index in [1.165, 1.54) is 0 Å². The van der Waals surface area contributed by atoms with Crippen LogP contribution in [0.4, 0.5) is 5.69 Å². The summed E-state index contributed by atoms with van der Waals surface area (Å²) in [6.07, 6.45) is 0.585. The Kier molecular flexibility index (Phi) is 4.62. The molecule has 3 nitrogen and oxygen atoms in total. The van der Waals surface area contributed by atoms with Gasteiger partial charge < -0.3 is 10.4 Å². The molecule has 0 aliphatic carbocycles. The molecule has 0 aliphatic rings. The molecule has 0 bridgehead atoms. The first-order valence-corrected chi connectivity index (χ1v) is 5.61. The van der Waals surface area contributed by atoms with Gasteiger partial charge in [-0.25, -0.2) is 4.79 Å². The van der Waals surface area contributed by atoms with Crippen LogP contribution in [-0.2, 0) is 4.79 Å². The molecule has 0 aliphatic heterocycles. The van der Waals surface area contributed by atoms with Crippen molar-refractivity contribution in [3.63, 3.8) is 0 Å². The molecule has 0 saturated heterocycles. The van der Waals surface area contributed by atoms with Gasteiger partial charge in [-0.15, -0.1) is 0 Å². The van der Waals surface area contributed by atoms with E-state index >= 15 is 0 Å². The van der Waals surface area contributed by atoms with Gasteiger partial charge in [0.25, 0.3) is 0 Å². The normalized spacial score (nSPS) is 12.5. The van der Waals surface area contributed by atoms with E-state index < -0.39 is 12.0 Å². The number of carboxylic acids is 1. The summed E-state index contributed by atoms with van der Waals surface area (Å²) >= 11 is 5.83. The molecule has 1 rings (SSSR count).